The summed E-state index contributed by atoms with van der Waals surface area (Å²) in [7, 11) is 0. The number of para-hydroxylation sites is 1. The molecule has 9 heteroatoms. The summed E-state index contributed by atoms with van der Waals surface area (Å²) < 4.78 is 1.42. The van der Waals surface area contributed by atoms with Gasteiger partial charge in [-0.1, -0.05) is 29.8 Å². The van der Waals surface area contributed by atoms with Gasteiger partial charge in [-0.2, -0.15) is 10.4 Å². The van der Waals surface area contributed by atoms with Crippen molar-refractivity contribution in [2.45, 2.75) is 0 Å². The highest BCUT2D eigenvalue weighted by Crippen LogP contribution is 2.20. The summed E-state index contributed by atoms with van der Waals surface area (Å²) in [6.45, 7) is 0. The van der Waals surface area contributed by atoms with E-state index in [1.807, 2.05) is 12.1 Å². The lowest BCUT2D eigenvalue weighted by molar-refractivity contribution is 0.102. The van der Waals surface area contributed by atoms with Gasteiger partial charge in [-0.25, -0.2) is 9.67 Å². The van der Waals surface area contributed by atoms with Crippen molar-refractivity contribution in [1.82, 2.24) is 19.7 Å². The molecule has 0 unspecified atom stereocenters. The highest BCUT2D eigenvalue weighted by molar-refractivity contribution is 6.30. The maximum Gasteiger partial charge on any atom is 0.264 e. The Kier molecular flexibility index (Phi) is 5.11. The second-order valence-electron chi connectivity index (χ2n) is 6.20. The standard InChI is InChI=1S/C21H13ClN6O2/c22-15-8-6-13(7-9-15)18-24-12-17(20(29)26-18)21(30)27-19-14(10-23)11-25-28(19)16-4-2-1-3-5-16/h1-9,11-12H,(H,27,30)(H,24,26,29). The lowest BCUT2D eigenvalue weighted by Gasteiger charge is -2.09. The summed E-state index contributed by atoms with van der Waals surface area (Å²) in [4.78, 5) is 32.0. The number of benzene rings is 2. The third-order valence-corrected chi connectivity index (χ3v) is 4.54. The Hall–Kier alpha value is -4.22. The highest BCUT2D eigenvalue weighted by Gasteiger charge is 2.19. The molecule has 1 amide bonds. The molecule has 30 heavy (non-hydrogen) atoms. The molecule has 2 heterocycles. The number of carbonyl (C=O) groups is 1. The Morgan fingerprint density at radius 2 is 1.83 bits per heavy atom. The molecule has 8 nitrogen and oxygen atoms in total. The normalized spacial score (nSPS) is 10.4. The van der Waals surface area contributed by atoms with Crippen molar-refractivity contribution in [3.05, 3.63) is 93.5 Å². The Bertz CT molecular complexity index is 1320. The first-order valence-electron chi connectivity index (χ1n) is 8.77. The van der Waals surface area contributed by atoms with E-state index < -0.39 is 11.5 Å². The van der Waals surface area contributed by atoms with Gasteiger partial charge in [-0.05, 0) is 36.4 Å². The van der Waals surface area contributed by atoms with Crippen molar-refractivity contribution in [2.75, 3.05) is 5.32 Å². The molecule has 146 valence electrons. The lowest BCUT2D eigenvalue weighted by atomic mass is 10.2. The van der Waals surface area contributed by atoms with E-state index in [4.69, 9.17) is 11.6 Å². The number of aromatic nitrogens is 4. The van der Waals surface area contributed by atoms with Crippen LogP contribution in [0.5, 0.6) is 0 Å². The van der Waals surface area contributed by atoms with E-state index in [-0.39, 0.29) is 16.9 Å². The highest BCUT2D eigenvalue weighted by atomic mass is 35.5. The van der Waals surface area contributed by atoms with Gasteiger partial charge in [0.25, 0.3) is 11.5 Å². The Morgan fingerprint density at radius 1 is 1.10 bits per heavy atom. The molecular formula is C21H13ClN6O2. The fourth-order valence-electron chi connectivity index (χ4n) is 2.80. The summed E-state index contributed by atoms with van der Waals surface area (Å²) in [5, 5.41) is 16.7. The van der Waals surface area contributed by atoms with Crippen LogP contribution in [0.15, 0.2) is 71.8 Å². The number of halogens is 1. The maximum atomic E-state index is 12.7. The third kappa shape index (κ3) is 3.70. The SMILES string of the molecule is N#Cc1cnn(-c2ccccc2)c1NC(=O)c1cnc(-c2ccc(Cl)cc2)[nH]c1=O. The van der Waals surface area contributed by atoms with Gasteiger partial charge in [-0.3, -0.25) is 9.59 Å². The number of hydrogen-bond acceptors (Lipinski definition) is 5. The molecule has 2 N–H and O–H groups in total. The molecule has 0 aliphatic rings. The van der Waals surface area contributed by atoms with E-state index in [1.54, 1.807) is 48.5 Å². The Balaban J connectivity index is 1.65. The first-order chi connectivity index (χ1) is 14.6. The maximum absolute atomic E-state index is 12.7. The van der Waals surface area contributed by atoms with Crippen LogP contribution in [0.1, 0.15) is 15.9 Å². The number of H-pyrrole nitrogens is 1. The number of amides is 1. The number of hydrogen-bond donors (Lipinski definition) is 2. The van der Waals surface area contributed by atoms with Crippen LogP contribution in [0, 0.1) is 11.3 Å². The molecule has 0 saturated carbocycles. The lowest BCUT2D eigenvalue weighted by Crippen LogP contribution is -2.25. The summed E-state index contributed by atoms with van der Waals surface area (Å²) in [5.41, 5.74) is 0.653. The predicted octanol–water partition coefficient (Wildman–Crippen LogP) is 3.40. The van der Waals surface area contributed by atoms with Gasteiger partial charge < -0.3 is 10.3 Å². The largest absolute Gasteiger partial charge is 0.306 e. The van der Waals surface area contributed by atoms with Crippen molar-refractivity contribution >= 4 is 23.3 Å². The van der Waals surface area contributed by atoms with Crippen LogP contribution in [-0.4, -0.2) is 25.7 Å². The van der Waals surface area contributed by atoms with E-state index in [0.29, 0.717) is 22.1 Å². The van der Waals surface area contributed by atoms with Crippen molar-refractivity contribution in [3.8, 4) is 23.1 Å². The van der Waals surface area contributed by atoms with Crippen molar-refractivity contribution < 1.29 is 4.79 Å². The monoisotopic (exact) mass is 416 g/mol. The molecule has 0 aliphatic heterocycles. The van der Waals surface area contributed by atoms with E-state index in [1.165, 1.54) is 17.1 Å². The molecule has 0 atom stereocenters. The Labute approximate surface area is 175 Å². The number of rotatable bonds is 4. The topological polar surface area (TPSA) is 116 Å². The van der Waals surface area contributed by atoms with Crippen LogP contribution >= 0.6 is 11.6 Å². The quantitative estimate of drug-likeness (QED) is 0.528. The molecule has 0 bridgehead atoms. The summed E-state index contributed by atoms with van der Waals surface area (Å²) in [6, 6.07) is 17.7. The minimum Gasteiger partial charge on any atom is -0.306 e. The molecule has 0 aliphatic carbocycles. The van der Waals surface area contributed by atoms with Crippen LogP contribution in [0.2, 0.25) is 5.02 Å². The number of aromatic amines is 1. The Morgan fingerprint density at radius 3 is 2.50 bits per heavy atom. The van der Waals surface area contributed by atoms with Crippen LogP contribution < -0.4 is 10.9 Å². The zero-order valence-corrected chi connectivity index (χ0v) is 16.1. The van der Waals surface area contributed by atoms with E-state index >= 15 is 0 Å². The second-order valence-corrected chi connectivity index (χ2v) is 6.64. The number of nitrogens with zero attached hydrogens (tertiary/aromatic N) is 4. The molecule has 4 rings (SSSR count). The van der Waals surface area contributed by atoms with E-state index in [9.17, 15) is 14.9 Å². The van der Waals surface area contributed by atoms with Crippen molar-refractivity contribution in [1.29, 1.82) is 5.26 Å². The number of nitrogens with one attached hydrogen (secondary N) is 2. The van der Waals surface area contributed by atoms with Crippen molar-refractivity contribution in [2.24, 2.45) is 0 Å². The molecular weight excluding hydrogens is 404 g/mol. The summed E-state index contributed by atoms with van der Waals surface area (Å²) >= 11 is 5.87. The van der Waals surface area contributed by atoms with Gasteiger partial charge >= 0.3 is 0 Å². The van der Waals surface area contributed by atoms with Crippen LogP contribution in [0.25, 0.3) is 17.1 Å². The zero-order valence-electron chi connectivity index (χ0n) is 15.3. The molecule has 2 aromatic carbocycles. The molecule has 0 fully saturated rings. The first-order valence-corrected chi connectivity index (χ1v) is 9.15. The van der Waals surface area contributed by atoms with Crippen LogP contribution in [-0.2, 0) is 0 Å². The van der Waals surface area contributed by atoms with E-state index in [0.717, 1.165) is 0 Å². The van der Waals surface area contributed by atoms with Gasteiger partial charge in [0.1, 0.15) is 23.0 Å². The van der Waals surface area contributed by atoms with Crippen molar-refractivity contribution in [3.63, 3.8) is 0 Å². The summed E-state index contributed by atoms with van der Waals surface area (Å²) in [6.07, 6.45) is 2.53. The fraction of sp³-hybridized carbons (Fsp3) is 0. The minimum absolute atomic E-state index is 0.161. The van der Waals surface area contributed by atoms with Gasteiger partial charge in [0, 0.05) is 16.8 Å². The number of anilines is 1. The van der Waals surface area contributed by atoms with Crippen LogP contribution in [0.4, 0.5) is 5.82 Å². The van der Waals surface area contributed by atoms with Crippen LogP contribution in [0.3, 0.4) is 0 Å². The average Bonchev–Trinajstić information content (AvgIpc) is 3.17. The van der Waals surface area contributed by atoms with Gasteiger partial charge in [0.15, 0.2) is 5.82 Å². The second kappa shape index (κ2) is 8.03. The van der Waals surface area contributed by atoms with Gasteiger partial charge in [0.05, 0.1) is 11.9 Å². The minimum atomic E-state index is -0.708. The van der Waals surface area contributed by atoms with Gasteiger partial charge in [0.2, 0.25) is 0 Å². The predicted molar refractivity (Wildman–Crippen MR) is 112 cm³/mol. The van der Waals surface area contributed by atoms with Gasteiger partial charge in [-0.15, -0.1) is 0 Å². The fourth-order valence-corrected chi connectivity index (χ4v) is 2.93. The molecule has 2 aromatic heterocycles. The molecule has 0 radical (unpaired) electrons. The number of nitriles is 1. The zero-order chi connectivity index (χ0) is 21.1. The molecule has 4 aromatic rings. The number of carbonyl (C=O) groups excluding carboxylic acids is 1. The summed E-state index contributed by atoms with van der Waals surface area (Å²) in [5.74, 6) is -0.240. The molecule has 0 spiro atoms. The third-order valence-electron chi connectivity index (χ3n) is 4.28. The average molecular weight is 417 g/mol. The first kappa shape index (κ1) is 19.1. The van der Waals surface area contributed by atoms with E-state index in [2.05, 4.69) is 20.4 Å². The smallest absolute Gasteiger partial charge is 0.264 e. The molecule has 0 saturated heterocycles.